The lowest BCUT2D eigenvalue weighted by atomic mass is 10.1. The Kier molecular flexibility index (Phi) is 3.96. The second kappa shape index (κ2) is 5.38. The van der Waals surface area contributed by atoms with Crippen molar-refractivity contribution in [2.24, 2.45) is 5.92 Å². The van der Waals surface area contributed by atoms with Gasteiger partial charge in [-0.1, -0.05) is 6.92 Å². The monoisotopic (exact) mass is 293 g/mol. The minimum Gasteiger partial charge on any atom is -0.349 e. The van der Waals surface area contributed by atoms with Crippen molar-refractivity contribution in [1.82, 2.24) is 5.32 Å². The third-order valence-electron chi connectivity index (χ3n) is 3.47. The lowest BCUT2D eigenvalue weighted by Crippen LogP contribution is -2.34. The highest BCUT2D eigenvalue weighted by molar-refractivity contribution is 5.95. The highest BCUT2D eigenvalue weighted by Gasteiger charge is 2.31. The molecule has 2 atom stereocenters. The first kappa shape index (κ1) is 14.7. The van der Waals surface area contributed by atoms with Gasteiger partial charge in [0.15, 0.2) is 23.3 Å². The number of halogens is 5. The van der Waals surface area contributed by atoms with Crippen molar-refractivity contribution in [2.45, 2.75) is 32.2 Å². The summed E-state index contributed by atoms with van der Waals surface area (Å²) < 4.78 is 65.7. The van der Waals surface area contributed by atoms with E-state index in [1.807, 2.05) is 6.92 Å². The van der Waals surface area contributed by atoms with Crippen LogP contribution in [0.4, 0.5) is 22.0 Å². The molecule has 1 saturated carbocycles. The van der Waals surface area contributed by atoms with Gasteiger partial charge in [-0.05, 0) is 25.2 Å². The van der Waals surface area contributed by atoms with Gasteiger partial charge < -0.3 is 5.32 Å². The quantitative estimate of drug-likeness (QED) is 0.506. The van der Waals surface area contributed by atoms with E-state index in [0.717, 1.165) is 6.42 Å². The van der Waals surface area contributed by atoms with Gasteiger partial charge >= 0.3 is 0 Å². The standard InChI is InChI=1S/C13H12F5NO/c1-5-2-3-6(4-5)19-13(20)7-8(14)10(16)12(18)11(17)9(7)15/h5-6H,2-4H2,1H3,(H,19,20). The molecule has 0 heterocycles. The number of nitrogens with one attached hydrogen (secondary N) is 1. The zero-order valence-corrected chi connectivity index (χ0v) is 10.6. The van der Waals surface area contributed by atoms with Gasteiger partial charge in [0.2, 0.25) is 5.82 Å². The van der Waals surface area contributed by atoms with Crippen LogP contribution in [0.2, 0.25) is 0 Å². The van der Waals surface area contributed by atoms with E-state index in [9.17, 15) is 26.7 Å². The van der Waals surface area contributed by atoms with Crippen LogP contribution in [0.5, 0.6) is 0 Å². The van der Waals surface area contributed by atoms with Crippen molar-refractivity contribution in [3.63, 3.8) is 0 Å². The number of rotatable bonds is 2. The molecule has 1 amide bonds. The maximum absolute atomic E-state index is 13.4. The summed E-state index contributed by atoms with van der Waals surface area (Å²) in [6.07, 6.45) is 2.06. The Morgan fingerprint density at radius 2 is 1.45 bits per heavy atom. The molecule has 2 unspecified atom stereocenters. The number of benzene rings is 1. The highest BCUT2D eigenvalue weighted by Crippen LogP contribution is 2.26. The van der Waals surface area contributed by atoms with Crippen molar-refractivity contribution in [3.8, 4) is 0 Å². The summed E-state index contributed by atoms with van der Waals surface area (Å²) in [7, 11) is 0. The molecular formula is C13H12F5NO. The lowest BCUT2D eigenvalue weighted by molar-refractivity contribution is 0.0925. The zero-order valence-electron chi connectivity index (χ0n) is 10.6. The molecule has 110 valence electrons. The first-order valence-electron chi connectivity index (χ1n) is 6.15. The summed E-state index contributed by atoms with van der Waals surface area (Å²) in [6, 6.07) is -0.313. The van der Waals surface area contributed by atoms with E-state index in [0.29, 0.717) is 18.8 Å². The van der Waals surface area contributed by atoms with Crippen LogP contribution in [0, 0.1) is 35.0 Å². The Bertz CT molecular complexity index is 531. The van der Waals surface area contributed by atoms with Gasteiger partial charge in [0, 0.05) is 6.04 Å². The lowest BCUT2D eigenvalue weighted by Gasteiger charge is -2.14. The first-order valence-corrected chi connectivity index (χ1v) is 6.15. The predicted molar refractivity (Wildman–Crippen MR) is 60.5 cm³/mol. The van der Waals surface area contributed by atoms with Crippen LogP contribution < -0.4 is 5.32 Å². The van der Waals surface area contributed by atoms with Gasteiger partial charge in [0.25, 0.3) is 5.91 Å². The van der Waals surface area contributed by atoms with Crippen LogP contribution >= 0.6 is 0 Å². The third-order valence-corrected chi connectivity index (χ3v) is 3.47. The molecule has 20 heavy (non-hydrogen) atoms. The summed E-state index contributed by atoms with van der Waals surface area (Å²) in [4.78, 5) is 11.7. The average molecular weight is 293 g/mol. The van der Waals surface area contributed by atoms with E-state index < -0.39 is 40.6 Å². The van der Waals surface area contributed by atoms with Gasteiger partial charge in [0.1, 0.15) is 5.56 Å². The molecule has 7 heteroatoms. The normalized spacial score (nSPS) is 22.1. The predicted octanol–water partition coefficient (Wildman–Crippen LogP) is 3.30. The van der Waals surface area contributed by atoms with Crippen LogP contribution in [-0.4, -0.2) is 11.9 Å². The second-order valence-electron chi connectivity index (χ2n) is 5.03. The Labute approximate surface area is 112 Å². The smallest absolute Gasteiger partial charge is 0.257 e. The molecule has 1 aliphatic rings. The van der Waals surface area contributed by atoms with Gasteiger partial charge in [-0.2, -0.15) is 0 Å². The highest BCUT2D eigenvalue weighted by atomic mass is 19.2. The van der Waals surface area contributed by atoms with Crippen molar-refractivity contribution < 1.29 is 26.7 Å². The number of carbonyl (C=O) groups excluding carboxylic acids is 1. The molecular weight excluding hydrogens is 281 g/mol. The minimum atomic E-state index is -2.27. The van der Waals surface area contributed by atoms with E-state index in [4.69, 9.17) is 0 Å². The molecule has 2 rings (SSSR count). The number of amides is 1. The van der Waals surface area contributed by atoms with E-state index in [2.05, 4.69) is 5.32 Å². The molecule has 0 saturated heterocycles. The number of hydrogen-bond donors (Lipinski definition) is 1. The van der Waals surface area contributed by atoms with Crippen LogP contribution in [0.3, 0.4) is 0 Å². The summed E-state index contributed by atoms with van der Waals surface area (Å²) in [5, 5.41) is 2.31. The fourth-order valence-corrected chi connectivity index (χ4v) is 2.40. The first-order chi connectivity index (χ1) is 9.32. The molecule has 2 nitrogen and oxygen atoms in total. The summed E-state index contributed by atoms with van der Waals surface area (Å²) >= 11 is 0. The van der Waals surface area contributed by atoms with Gasteiger partial charge in [0.05, 0.1) is 0 Å². The maximum Gasteiger partial charge on any atom is 0.257 e. The molecule has 1 aromatic carbocycles. The van der Waals surface area contributed by atoms with Crippen LogP contribution in [0.15, 0.2) is 0 Å². The largest absolute Gasteiger partial charge is 0.349 e. The zero-order chi connectivity index (χ0) is 15.0. The molecule has 0 aliphatic heterocycles. The topological polar surface area (TPSA) is 29.1 Å². The molecule has 1 N–H and O–H groups in total. The number of hydrogen-bond acceptors (Lipinski definition) is 1. The fraction of sp³-hybridized carbons (Fsp3) is 0.462. The second-order valence-corrected chi connectivity index (χ2v) is 5.03. The van der Waals surface area contributed by atoms with E-state index in [1.54, 1.807) is 0 Å². The van der Waals surface area contributed by atoms with E-state index >= 15 is 0 Å². The van der Waals surface area contributed by atoms with Crippen molar-refractivity contribution >= 4 is 5.91 Å². The van der Waals surface area contributed by atoms with Crippen LogP contribution in [-0.2, 0) is 0 Å². The van der Waals surface area contributed by atoms with E-state index in [-0.39, 0.29) is 6.04 Å². The van der Waals surface area contributed by atoms with Gasteiger partial charge in [-0.15, -0.1) is 0 Å². The van der Waals surface area contributed by atoms with Crippen LogP contribution in [0.25, 0.3) is 0 Å². The minimum absolute atomic E-state index is 0.313. The van der Waals surface area contributed by atoms with Crippen molar-refractivity contribution in [2.75, 3.05) is 0 Å². The SMILES string of the molecule is CC1CCC(NC(=O)c2c(F)c(F)c(F)c(F)c2F)C1. The molecule has 1 aliphatic carbocycles. The van der Waals surface area contributed by atoms with Crippen LogP contribution in [0.1, 0.15) is 36.5 Å². The Balaban J connectivity index is 2.30. The Morgan fingerprint density at radius 1 is 0.950 bits per heavy atom. The van der Waals surface area contributed by atoms with E-state index in [1.165, 1.54) is 0 Å². The maximum atomic E-state index is 13.4. The van der Waals surface area contributed by atoms with Crippen molar-refractivity contribution in [1.29, 1.82) is 0 Å². The van der Waals surface area contributed by atoms with Crippen molar-refractivity contribution in [3.05, 3.63) is 34.6 Å². The molecule has 1 aromatic rings. The summed E-state index contributed by atoms with van der Waals surface area (Å²) in [6.45, 7) is 1.95. The van der Waals surface area contributed by atoms with Gasteiger partial charge in [-0.25, -0.2) is 22.0 Å². The fourth-order valence-electron chi connectivity index (χ4n) is 2.40. The summed E-state index contributed by atoms with van der Waals surface area (Å²) in [5.74, 6) is -11.7. The Morgan fingerprint density at radius 3 is 1.90 bits per heavy atom. The molecule has 0 radical (unpaired) electrons. The average Bonchev–Trinajstić information content (AvgIpc) is 2.79. The Hall–Kier alpha value is -1.66. The number of carbonyl (C=O) groups is 1. The molecule has 0 spiro atoms. The third kappa shape index (κ3) is 2.48. The van der Waals surface area contributed by atoms with Gasteiger partial charge in [-0.3, -0.25) is 4.79 Å². The molecule has 0 bridgehead atoms. The molecule has 0 aromatic heterocycles. The molecule has 1 fully saturated rings. The summed E-state index contributed by atoms with van der Waals surface area (Å²) in [5.41, 5.74) is -1.43.